The number of nitrogens with one attached hydrogen (secondary N) is 1. The summed E-state index contributed by atoms with van der Waals surface area (Å²) >= 11 is 0. The number of carbonyl (C=O) groups is 1. The van der Waals surface area contributed by atoms with Crippen LogP contribution in [0.15, 0.2) is 42.5 Å². The van der Waals surface area contributed by atoms with Crippen LogP contribution in [0.4, 0.5) is 11.5 Å². The number of piperidine rings is 1. The fraction of sp³-hybridized carbons (Fsp3) is 0.389. The van der Waals surface area contributed by atoms with Crippen molar-refractivity contribution in [2.24, 2.45) is 0 Å². The number of hydrogen-bond donors (Lipinski definition) is 1. The molecule has 126 valence electrons. The Hall–Kier alpha value is -2.63. The van der Waals surface area contributed by atoms with Crippen LogP contribution in [0.2, 0.25) is 0 Å². The molecule has 2 heterocycles. The molecule has 0 bridgehead atoms. The lowest BCUT2D eigenvalue weighted by atomic mass is 10.0. The quantitative estimate of drug-likeness (QED) is 0.931. The van der Waals surface area contributed by atoms with E-state index < -0.39 is 0 Å². The third-order valence-corrected chi connectivity index (χ3v) is 4.61. The van der Waals surface area contributed by atoms with Crippen molar-refractivity contribution in [3.63, 3.8) is 0 Å². The highest BCUT2D eigenvalue weighted by atomic mass is 16.1. The van der Waals surface area contributed by atoms with Crippen LogP contribution in [0, 0.1) is 0 Å². The van der Waals surface area contributed by atoms with E-state index in [0.717, 1.165) is 31.7 Å². The summed E-state index contributed by atoms with van der Waals surface area (Å²) in [6.07, 6.45) is 2.15. The second-order valence-corrected chi connectivity index (χ2v) is 6.02. The molecule has 0 atom stereocenters. The number of para-hydroxylation sites is 1. The van der Waals surface area contributed by atoms with Crippen molar-refractivity contribution >= 4 is 17.4 Å². The van der Waals surface area contributed by atoms with E-state index >= 15 is 0 Å². The van der Waals surface area contributed by atoms with Gasteiger partial charge < -0.3 is 15.1 Å². The SMILES string of the molecule is CNC(=O)c1ccc(N2CCC(N(C)c3ccccc3)CC2)nn1. The number of anilines is 2. The lowest BCUT2D eigenvalue weighted by Crippen LogP contribution is -2.43. The number of nitrogens with zero attached hydrogens (tertiary/aromatic N) is 4. The Morgan fingerprint density at radius 2 is 1.83 bits per heavy atom. The van der Waals surface area contributed by atoms with Gasteiger partial charge in [0.25, 0.3) is 5.91 Å². The normalized spacial score (nSPS) is 15.2. The Labute approximate surface area is 142 Å². The zero-order valence-corrected chi connectivity index (χ0v) is 14.1. The monoisotopic (exact) mass is 325 g/mol. The highest BCUT2D eigenvalue weighted by Crippen LogP contribution is 2.24. The molecule has 1 amide bonds. The molecule has 1 aliphatic heterocycles. The smallest absolute Gasteiger partial charge is 0.271 e. The van der Waals surface area contributed by atoms with E-state index in [-0.39, 0.29) is 5.91 Å². The molecule has 6 nitrogen and oxygen atoms in total. The molecule has 2 aromatic rings. The minimum atomic E-state index is -0.211. The van der Waals surface area contributed by atoms with Crippen LogP contribution >= 0.6 is 0 Å². The predicted octanol–water partition coefficient (Wildman–Crippen LogP) is 1.94. The van der Waals surface area contributed by atoms with Crippen molar-refractivity contribution in [3.05, 3.63) is 48.2 Å². The van der Waals surface area contributed by atoms with Gasteiger partial charge in [-0.3, -0.25) is 4.79 Å². The maximum absolute atomic E-state index is 11.5. The summed E-state index contributed by atoms with van der Waals surface area (Å²) < 4.78 is 0. The Morgan fingerprint density at radius 3 is 2.42 bits per heavy atom. The van der Waals surface area contributed by atoms with Crippen LogP contribution in [-0.4, -0.2) is 49.3 Å². The molecule has 24 heavy (non-hydrogen) atoms. The molecule has 1 aromatic carbocycles. The van der Waals surface area contributed by atoms with E-state index in [4.69, 9.17) is 0 Å². The number of rotatable bonds is 4. The number of carbonyl (C=O) groups excluding carboxylic acids is 1. The average molecular weight is 325 g/mol. The van der Waals surface area contributed by atoms with E-state index in [1.54, 1.807) is 13.1 Å². The standard InChI is InChI=1S/C18H23N5O/c1-19-18(24)16-8-9-17(21-20-16)23-12-10-15(11-13-23)22(2)14-6-4-3-5-7-14/h3-9,15H,10-13H2,1-2H3,(H,19,24). The van der Waals surface area contributed by atoms with Crippen LogP contribution in [0.3, 0.4) is 0 Å². The molecule has 6 heteroatoms. The van der Waals surface area contributed by atoms with Gasteiger partial charge in [0.1, 0.15) is 0 Å². The second kappa shape index (κ2) is 7.29. The Bertz CT molecular complexity index is 666. The largest absolute Gasteiger partial charge is 0.371 e. The Morgan fingerprint density at radius 1 is 1.12 bits per heavy atom. The van der Waals surface area contributed by atoms with Gasteiger partial charge in [0.05, 0.1) is 0 Å². The van der Waals surface area contributed by atoms with Crippen molar-refractivity contribution in [1.29, 1.82) is 0 Å². The number of amides is 1. The van der Waals surface area contributed by atoms with Gasteiger partial charge in [-0.2, -0.15) is 0 Å². The first-order valence-corrected chi connectivity index (χ1v) is 8.27. The number of benzene rings is 1. The molecular formula is C18H23N5O. The van der Waals surface area contributed by atoms with Gasteiger partial charge in [-0.15, -0.1) is 10.2 Å². The van der Waals surface area contributed by atoms with Crippen LogP contribution in [-0.2, 0) is 0 Å². The first kappa shape index (κ1) is 16.2. The maximum Gasteiger partial charge on any atom is 0.271 e. The van der Waals surface area contributed by atoms with E-state index in [1.165, 1.54) is 5.69 Å². The fourth-order valence-corrected chi connectivity index (χ4v) is 3.10. The molecule has 0 spiro atoms. The number of aromatic nitrogens is 2. The predicted molar refractivity (Wildman–Crippen MR) is 95.5 cm³/mol. The van der Waals surface area contributed by atoms with Crippen LogP contribution in [0.5, 0.6) is 0 Å². The summed E-state index contributed by atoms with van der Waals surface area (Å²) in [6, 6.07) is 14.6. The summed E-state index contributed by atoms with van der Waals surface area (Å²) in [5, 5.41) is 10.8. The van der Waals surface area contributed by atoms with E-state index in [2.05, 4.69) is 56.6 Å². The second-order valence-electron chi connectivity index (χ2n) is 6.02. The van der Waals surface area contributed by atoms with Crippen molar-refractivity contribution in [1.82, 2.24) is 15.5 Å². The summed E-state index contributed by atoms with van der Waals surface area (Å²) in [5.41, 5.74) is 1.60. The van der Waals surface area contributed by atoms with E-state index in [1.807, 2.05) is 12.1 Å². The molecule has 0 aliphatic carbocycles. The van der Waals surface area contributed by atoms with Gasteiger partial charge in [0.15, 0.2) is 11.5 Å². The molecule has 0 radical (unpaired) electrons. The lowest BCUT2D eigenvalue weighted by Gasteiger charge is -2.38. The van der Waals surface area contributed by atoms with Gasteiger partial charge in [-0.05, 0) is 37.1 Å². The van der Waals surface area contributed by atoms with Crippen molar-refractivity contribution in [2.45, 2.75) is 18.9 Å². The summed E-state index contributed by atoms with van der Waals surface area (Å²) in [6.45, 7) is 1.88. The molecule has 1 saturated heterocycles. The van der Waals surface area contributed by atoms with Gasteiger partial charge in [0, 0.05) is 38.9 Å². The summed E-state index contributed by atoms with van der Waals surface area (Å²) in [7, 11) is 3.75. The molecular weight excluding hydrogens is 302 g/mol. The highest BCUT2D eigenvalue weighted by molar-refractivity contribution is 5.91. The number of hydrogen-bond acceptors (Lipinski definition) is 5. The molecule has 3 rings (SSSR count). The minimum Gasteiger partial charge on any atom is -0.371 e. The summed E-state index contributed by atoms with van der Waals surface area (Å²) in [4.78, 5) is 16.1. The molecule has 1 fully saturated rings. The minimum absolute atomic E-state index is 0.211. The van der Waals surface area contributed by atoms with Crippen molar-refractivity contribution in [3.8, 4) is 0 Å². The van der Waals surface area contributed by atoms with Crippen molar-refractivity contribution in [2.75, 3.05) is 37.0 Å². The van der Waals surface area contributed by atoms with Crippen LogP contribution in [0.1, 0.15) is 23.3 Å². The highest BCUT2D eigenvalue weighted by Gasteiger charge is 2.23. The van der Waals surface area contributed by atoms with Gasteiger partial charge in [0.2, 0.25) is 0 Å². The molecule has 0 saturated carbocycles. The van der Waals surface area contributed by atoms with E-state index in [9.17, 15) is 4.79 Å². The zero-order valence-electron chi connectivity index (χ0n) is 14.1. The molecule has 1 aliphatic rings. The topological polar surface area (TPSA) is 61.4 Å². The third kappa shape index (κ3) is 3.48. The molecule has 0 unspecified atom stereocenters. The Kier molecular flexibility index (Phi) is 4.93. The first-order chi connectivity index (χ1) is 11.7. The fourth-order valence-electron chi connectivity index (χ4n) is 3.10. The maximum atomic E-state index is 11.5. The molecule has 1 aromatic heterocycles. The molecule has 1 N–H and O–H groups in total. The van der Waals surface area contributed by atoms with Gasteiger partial charge in [-0.1, -0.05) is 18.2 Å². The van der Waals surface area contributed by atoms with E-state index in [0.29, 0.717) is 11.7 Å². The first-order valence-electron chi connectivity index (χ1n) is 8.27. The van der Waals surface area contributed by atoms with Crippen LogP contribution in [0.25, 0.3) is 0 Å². The van der Waals surface area contributed by atoms with Crippen molar-refractivity contribution < 1.29 is 4.79 Å². The Balaban J connectivity index is 1.60. The van der Waals surface area contributed by atoms with Gasteiger partial charge >= 0.3 is 0 Å². The lowest BCUT2D eigenvalue weighted by molar-refractivity contribution is 0.0957. The van der Waals surface area contributed by atoms with Crippen LogP contribution < -0.4 is 15.1 Å². The van der Waals surface area contributed by atoms with Gasteiger partial charge in [-0.25, -0.2) is 0 Å². The third-order valence-electron chi connectivity index (χ3n) is 4.61. The summed E-state index contributed by atoms with van der Waals surface area (Å²) in [5.74, 6) is 0.626. The zero-order chi connectivity index (χ0) is 16.9. The average Bonchev–Trinajstić information content (AvgIpc) is 2.68.